The maximum absolute atomic E-state index is 13.7. The van der Waals surface area contributed by atoms with Crippen LogP contribution in [0.3, 0.4) is 0 Å². The fourth-order valence-electron chi connectivity index (χ4n) is 11.4. The number of ether oxygens (including phenoxy) is 7. The van der Waals surface area contributed by atoms with Crippen molar-refractivity contribution in [1.29, 1.82) is 0 Å². The number of methoxy groups -OCH3 is 4. The van der Waals surface area contributed by atoms with Gasteiger partial charge in [-0.3, -0.25) is 9.59 Å². The first-order valence-corrected chi connectivity index (χ1v) is 36.1. The molecule has 0 radical (unpaired) electrons. The molecule has 23 nitrogen and oxygen atoms in total. The summed E-state index contributed by atoms with van der Waals surface area (Å²) in [5, 5.41) is 33.7. The molecule has 9 N–H and O–H groups in total. The third-order valence-electron chi connectivity index (χ3n) is 18.1. The molecule has 3 aliphatic heterocycles. The maximum Gasteiger partial charge on any atom is 0.257 e. The number of nitrogens with two attached hydrogens (primary N) is 2. The Kier molecular flexibility index (Phi) is 23.9. The predicted octanol–water partition coefficient (Wildman–Crippen LogP) is 11.3. The molecule has 0 saturated carbocycles. The van der Waals surface area contributed by atoms with Gasteiger partial charge in [-0.15, -0.1) is 0 Å². The lowest BCUT2D eigenvalue weighted by molar-refractivity contribution is 0.0394. The number of ketones is 2. The summed E-state index contributed by atoms with van der Waals surface area (Å²) >= 11 is 0. The average Bonchev–Trinajstić information content (AvgIpc) is 1.61. The monoisotopic (exact) mass is 1490 g/mol. The summed E-state index contributed by atoms with van der Waals surface area (Å²) in [5.74, 6) is 1.01. The number of carbonyl (C=O) groups excluding carboxylic acids is 2. The lowest BCUT2D eigenvalue weighted by atomic mass is 9.88. The maximum atomic E-state index is 13.7. The van der Waals surface area contributed by atoms with Gasteiger partial charge in [0.2, 0.25) is 0 Å². The number of rotatable bonds is 23. The number of halogens is 3. The highest BCUT2D eigenvalue weighted by molar-refractivity contribution is 7.84. The molecule has 0 bridgehead atoms. The lowest BCUT2D eigenvalue weighted by Crippen LogP contribution is -2.47. The standard InChI is InChI=1S/C30H36FN3O6S.C26H28FN3O5.C21H28FN3O3S/c1-28(2,3)41(37)34-29(4)17-40-26-20(29)16-24(33-25(26)18-8-10-19(31)11-9-18)30(5,36)15-14-22(35)21-12-13-23(38-6)27(32-21)39-7;1-25(28)14-35-23-17(25)13-21(30-22(23)15-5-7-16(27)8-6-15)26(2,32)12-11-19(31)18-9-10-20(33-3)24(29-18)34-4;1-19(2,3)29(27)25-20(4)12-28-18-15(20)10-16(21(5,26)11-23)24-17(18)13-6-8-14(22)9-7-13/h8-13,16,34,36H,14-15,17H2,1-7H3;5-10,13,32H,11-12,14,28H2,1-4H3;6-10,25-26H,11-12,23H2,1-5H3. The van der Waals surface area contributed by atoms with Gasteiger partial charge >= 0.3 is 0 Å². The molecular formula is C77H92F3N9O14S2. The largest absolute Gasteiger partial charge is 0.491 e. The van der Waals surface area contributed by atoms with Crippen molar-refractivity contribution in [1.82, 2.24) is 34.4 Å². The van der Waals surface area contributed by atoms with E-state index in [9.17, 15) is 46.5 Å². The first-order valence-electron chi connectivity index (χ1n) is 33.8. The number of fused-ring (bicyclic) bond motifs is 3. The van der Waals surface area contributed by atoms with Gasteiger partial charge < -0.3 is 59.9 Å². The third-order valence-corrected chi connectivity index (χ3v) is 21.6. The van der Waals surface area contributed by atoms with Crippen LogP contribution in [0, 0.1) is 17.5 Å². The molecule has 0 spiro atoms. The van der Waals surface area contributed by atoms with E-state index < -0.39 is 70.7 Å². The quantitative estimate of drug-likeness (QED) is 0.0293. The number of hydrogen-bond donors (Lipinski definition) is 7. The summed E-state index contributed by atoms with van der Waals surface area (Å²) in [6.07, 6.45) is 0.102. The van der Waals surface area contributed by atoms with E-state index in [-0.39, 0.29) is 98.4 Å². The second kappa shape index (κ2) is 31.3. The van der Waals surface area contributed by atoms with Crippen LogP contribution in [0.2, 0.25) is 0 Å². The van der Waals surface area contributed by atoms with Gasteiger partial charge in [-0.05, 0) is 211 Å². The normalized spacial score (nSPS) is 19.5. The highest BCUT2D eigenvalue weighted by Crippen LogP contribution is 2.49. The minimum absolute atomic E-state index is 0.0104. The number of nitrogens with one attached hydrogen (secondary N) is 2. The van der Waals surface area contributed by atoms with E-state index in [1.54, 1.807) is 99.6 Å². The van der Waals surface area contributed by atoms with Gasteiger partial charge in [0, 0.05) is 52.8 Å². The fraction of sp³-hybridized carbons (Fsp3) is 0.416. The molecule has 3 aromatic carbocycles. The number of Topliss-reactive ketones (excluding diaryl/α,β-unsaturated/α-hetero) is 2. The number of nitrogens with zero attached hydrogens (tertiary/aromatic N) is 5. The van der Waals surface area contributed by atoms with Gasteiger partial charge in [-0.25, -0.2) is 56.0 Å². The van der Waals surface area contributed by atoms with E-state index in [0.717, 1.165) is 5.56 Å². The number of benzene rings is 3. The first kappa shape index (κ1) is 80.3. The van der Waals surface area contributed by atoms with E-state index >= 15 is 0 Å². The van der Waals surface area contributed by atoms with Crippen LogP contribution < -0.4 is 54.1 Å². The Labute approximate surface area is 614 Å². The van der Waals surface area contributed by atoms with E-state index in [2.05, 4.69) is 29.4 Å². The van der Waals surface area contributed by atoms with Crippen LogP contribution in [0.1, 0.15) is 164 Å². The number of aliphatic hydroxyl groups is 3. The molecule has 105 heavy (non-hydrogen) atoms. The topological polar surface area (TPSA) is 334 Å². The van der Waals surface area contributed by atoms with Crippen molar-refractivity contribution in [2.75, 3.05) is 54.8 Å². The van der Waals surface area contributed by atoms with E-state index in [1.165, 1.54) is 64.8 Å². The Balaban J connectivity index is 0.000000185. The second-order valence-electron chi connectivity index (χ2n) is 29.3. The summed E-state index contributed by atoms with van der Waals surface area (Å²) in [4.78, 5) is 48.3. The van der Waals surface area contributed by atoms with Crippen LogP contribution in [0.4, 0.5) is 13.2 Å². The number of hydrogen-bond acceptors (Lipinski definition) is 21. The van der Waals surface area contributed by atoms with Gasteiger partial charge in [-0.2, -0.15) is 0 Å². The molecule has 0 aliphatic carbocycles. The predicted molar refractivity (Wildman–Crippen MR) is 393 cm³/mol. The minimum atomic E-state index is -1.54. The Morgan fingerprint density at radius 3 is 1.11 bits per heavy atom. The molecule has 562 valence electrons. The van der Waals surface area contributed by atoms with Crippen molar-refractivity contribution in [2.24, 2.45) is 11.5 Å². The Bertz CT molecular complexity index is 4570. The minimum Gasteiger partial charge on any atom is -0.491 e. The molecule has 5 aromatic heterocycles. The molecule has 0 amide bonds. The van der Waals surface area contributed by atoms with Crippen molar-refractivity contribution in [3.63, 3.8) is 0 Å². The van der Waals surface area contributed by atoms with Crippen LogP contribution >= 0.6 is 0 Å². The van der Waals surface area contributed by atoms with Gasteiger partial charge in [0.15, 0.2) is 40.3 Å². The summed E-state index contributed by atoms with van der Waals surface area (Å²) in [7, 11) is 3.07. The summed E-state index contributed by atoms with van der Waals surface area (Å²) in [5.41, 5.74) is 12.1. The molecule has 8 aromatic rings. The van der Waals surface area contributed by atoms with Crippen LogP contribution in [0.5, 0.6) is 40.5 Å². The molecule has 11 rings (SSSR count). The summed E-state index contributed by atoms with van der Waals surface area (Å²) in [6.45, 7) is 22.3. The van der Waals surface area contributed by atoms with Gasteiger partial charge in [0.1, 0.15) is 82.5 Å². The molecule has 0 saturated heterocycles. The molecule has 8 unspecified atom stereocenters. The van der Waals surface area contributed by atoms with Crippen molar-refractivity contribution >= 4 is 33.5 Å². The number of carbonyl (C=O) groups is 2. The summed E-state index contributed by atoms with van der Waals surface area (Å²) in [6, 6.07) is 29.1. The molecule has 0 fully saturated rings. The van der Waals surface area contributed by atoms with Gasteiger partial charge in [-0.1, -0.05) is 0 Å². The second-order valence-corrected chi connectivity index (χ2v) is 33.3. The Morgan fingerprint density at radius 1 is 0.486 bits per heavy atom. The lowest BCUT2D eigenvalue weighted by Gasteiger charge is -2.30. The van der Waals surface area contributed by atoms with Crippen molar-refractivity contribution in [3.8, 4) is 74.3 Å². The van der Waals surface area contributed by atoms with E-state index in [4.69, 9.17) is 49.6 Å². The zero-order valence-corrected chi connectivity index (χ0v) is 63.4. The average molecular weight is 1490 g/mol. The molecule has 8 atom stereocenters. The zero-order chi connectivity index (χ0) is 77.2. The number of aromatic nitrogens is 5. The highest BCUT2D eigenvalue weighted by atomic mass is 32.2. The third kappa shape index (κ3) is 18.0. The molecule has 28 heteroatoms. The molecule has 3 aliphatic rings. The van der Waals surface area contributed by atoms with Gasteiger partial charge in [0.25, 0.3) is 11.8 Å². The van der Waals surface area contributed by atoms with E-state index in [0.29, 0.717) is 90.7 Å². The van der Waals surface area contributed by atoms with Crippen LogP contribution in [0.15, 0.2) is 115 Å². The molecular weight excluding hydrogens is 1400 g/mol. The Hall–Kier alpha value is -8.84. The highest BCUT2D eigenvalue weighted by Gasteiger charge is 2.46. The van der Waals surface area contributed by atoms with Crippen molar-refractivity contribution in [2.45, 2.75) is 152 Å². The SMILES string of the molecule is CC(O)(CN)c1cc2c(c(-c3ccc(F)cc3)n1)OCC2(C)NS(=O)C(C)(C)C.COc1ccc(C(=O)CCC(C)(O)c2cc3c(c(-c4ccc(F)cc4)n2)OCC3(C)N)nc1OC.COc1ccc(C(=O)CCC(C)(O)c2cc3c(c(-c4ccc(F)cc4)n2)OCC3(C)NS(=O)C(C)(C)C)nc1OC. The van der Waals surface area contributed by atoms with Crippen LogP contribution in [-0.4, -0.2) is 125 Å². The molecule has 8 heterocycles. The van der Waals surface area contributed by atoms with Crippen molar-refractivity contribution < 1.29 is 79.7 Å². The summed E-state index contributed by atoms with van der Waals surface area (Å²) < 4.78 is 111. The fourth-order valence-corrected chi connectivity index (χ4v) is 13.2. The van der Waals surface area contributed by atoms with Crippen molar-refractivity contribution in [3.05, 3.63) is 178 Å². The Morgan fingerprint density at radius 2 is 0.800 bits per heavy atom. The van der Waals surface area contributed by atoms with Gasteiger partial charge in [0.05, 0.1) is 93.6 Å². The smallest absolute Gasteiger partial charge is 0.257 e. The first-order chi connectivity index (χ1) is 49.1. The number of pyridine rings is 5. The van der Waals surface area contributed by atoms with Crippen LogP contribution in [0.25, 0.3) is 33.8 Å². The van der Waals surface area contributed by atoms with Crippen LogP contribution in [-0.2, 0) is 55.4 Å². The van der Waals surface area contributed by atoms with E-state index in [1.807, 2.05) is 62.3 Å². The zero-order valence-electron chi connectivity index (χ0n) is 61.8.